The standard InChI is InChI=1S/C28H31NO4/c1-14-7-8-16-9-17(26(32)29-25(16)15(14)2)22-23-18(30)10-27(3,4)12-20(23)33-21-13-28(5,6)11-19(31)24(21)22/h7-9,22H,10-13H2,1-6H3,(H,29,32). The maximum atomic E-state index is 13.4. The fourth-order valence-electron chi connectivity index (χ4n) is 5.74. The monoisotopic (exact) mass is 445 g/mol. The first-order valence-corrected chi connectivity index (χ1v) is 11.7. The number of rotatable bonds is 1. The average Bonchev–Trinajstić information content (AvgIpc) is 2.67. The summed E-state index contributed by atoms with van der Waals surface area (Å²) in [6.07, 6.45) is 1.97. The first kappa shape index (κ1) is 21.9. The van der Waals surface area contributed by atoms with E-state index in [-0.39, 0.29) is 28.0 Å². The summed E-state index contributed by atoms with van der Waals surface area (Å²) in [6, 6.07) is 5.88. The molecule has 0 saturated heterocycles. The minimum atomic E-state index is -0.675. The van der Waals surface area contributed by atoms with Crippen LogP contribution in [-0.4, -0.2) is 16.6 Å². The van der Waals surface area contributed by atoms with Crippen LogP contribution in [0.5, 0.6) is 0 Å². The van der Waals surface area contributed by atoms with E-state index in [2.05, 4.69) is 32.7 Å². The Morgan fingerprint density at radius 3 is 1.94 bits per heavy atom. The summed E-state index contributed by atoms with van der Waals surface area (Å²) in [5.74, 6) is 0.519. The van der Waals surface area contributed by atoms with Gasteiger partial charge in [0.15, 0.2) is 11.6 Å². The molecular weight excluding hydrogens is 414 g/mol. The summed E-state index contributed by atoms with van der Waals surface area (Å²) in [7, 11) is 0. The summed E-state index contributed by atoms with van der Waals surface area (Å²) in [6.45, 7) is 12.2. The lowest BCUT2D eigenvalue weighted by molar-refractivity contribution is -0.120. The number of ketones is 2. The molecule has 0 saturated carbocycles. The zero-order chi connectivity index (χ0) is 23.9. The molecule has 1 aliphatic heterocycles. The second kappa shape index (κ2) is 7.02. The van der Waals surface area contributed by atoms with Gasteiger partial charge in [-0.3, -0.25) is 14.4 Å². The number of hydrogen-bond donors (Lipinski definition) is 1. The maximum absolute atomic E-state index is 13.4. The van der Waals surface area contributed by atoms with Crippen molar-refractivity contribution >= 4 is 22.5 Å². The van der Waals surface area contributed by atoms with Crippen LogP contribution in [0.25, 0.3) is 10.9 Å². The molecule has 0 amide bonds. The molecule has 33 heavy (non-hydrogen) atoms. The molecular formula is C28H31NO4. The molecule has 2 heterocycles. The molecule has 5 heteroatoms. The number of Topliss-reactive ketones (excluding diaryl/α,β-unsaturated/α-hetero) is 2. The van der Waals surface area contributed by atoms with Crippen molar-refractivity contribution in [3.05, 3.63) is 67.9 Å². The van der Waals surface area contributed by atoms with Crippen LogP contribution in [0.2, 0.25) is 0 Å². The second-order valence-electron chi connectivity index (χ2n) is 11.6. The summed E-state index contributed by atoms with van der Waals surface area (Å²) in [4.78, 5) is 43.4. The number of nitrogens with one attached hydrogen (secondary N) is 1. The van der Waals surface area contributed by atoms with Crippen molar-refractivity contribution in [3.8, 4) is 0 Å². The van der Waals surface area contributed by atoms with Crippen LogP contribution in [0, 0.1) is 24.7 Å². The Kier molecular flexibility index (Phi) is 4.65. The Bertz CT molecular complexity index is 1310. The Hall–Kier alpha value is -2.95. The van der Waals surface area contributed by atoms with Crippen molar-refractivity contribution in [3.63, 3.8) is 0 Å². The molecule has 0 fully saturated rings. The van der Waals surface area contributed by atoms with Crippen LogP contribution < -0.4 is 5.56 Å². The van der Waals surface area contributed by atoms with Crippen molar-refractivity contribution in [1.82, 2.24) is 4.98 Å². The minimum Gasteiger partial charge on any atom is -0.465 e. The molecule has 2 aliphatic carbocycles. The Labute approximate surface area is 193 Å². The number of carbonyl (C=O) groups is 2. The summed E-state index contributed by atoms with van der Waals surface area (Å²) < 4.78 is 6.33. The highest BCUT2D eigenvalue weighted by atomic mass is 16.5. The van der Waals surface area contributed by atoms with Crippen LogP contribution in [0.4, 0.5) is 0 Å². The normalized spacial score (nSPS) is 22.4. The molecule has 1 aromatic heterocycles. The van der Waals surface area contributed by atoms with Gasteiger partial charge in [0.1, 0.15) is 11.5 Å². The molecule has 0 bridgehead atoms. The van der Waals surface area contributed by atoms with E-state index >= 15 is 0 Å². The highest BCUT2D eigenvalue weighted by Gasteiger charge is 2.48. The van der Waals surface area contributed by atoms with E-state index in [1.54, 1.807) is 0 Å². The van der Waals surface area contributed by atoms with E-state index < -0.39 is 5.92 Å². The van der Waals surface area contributed by atoms with Gasteiger partial charge in [0.05, 0.1) is 11.4 Å². The van der Waals surface area contributed by atoms with Crippen molar-refractivity contribution in [1.29, 1.82) is 0 Å². The number of carbonyl (C=O) groups excluding carboxylic acids is 2. The predicted molar refractivity (Wildman–Crippen MR) is 128 cm³/mol. The van der Waals surface area contributed by atoms with Gasteiger partial charge >= 0.3 is 0 Å². The second-order valence-corrected chi connectivity index (χ2v) is 11.6. The fourth-order valence-corrected chi connectivity index (χ4v) is 5.74. The van der Waals surface area contributed by atoms with E-state index in [0.29, 0.717) is 53.9 Å². The number of aryl methyl sites for hydroxylation is 2. The Morgan fingerprint density at radius 2 is 1.39 bits per heavy atom. The minimum absolute atomic E-state index is 0.0324. The van der Waals surface area contributed by atoms with Gasteiger partial charge in [-0.25, -0.2) is 0 Å². The lowest BCUT2D eigenvalue weighted by Gasteiger charge is -2.42. The van der Waals surface area contributed by atoms with Crippen molar-refractivity contribution in [2.45, 2.75) is 73.1 Å². The third-order valence-corrected chi connectivity index (χ3v) is 7.47. The number of H-pyrrole nitrogens is 1. The van der Waals surface area contributed by atoms with Gasteiger partial charge in [0, 0.05) is 42.4 Å². The lowest BCUT2D eigenvalue weighted by atomic mass is 9.65. The zero-order valence-corrected chi connectivity index (χ0v) is 20.3. The highest BCUT2D eigenvalue weighted by molar-refractivity contribution is 6.06. The molecule has 5 nitrogen and oxygen atoms in total. The van der Waals surface area contributed by atoms with E-state index in [9.17, 15) is 14.4 Å². The zero-order valence-electron chi connectivity index (χ0n) is 20.3. The van der Waals surface area contributed by atoms with Gasteiger partial charge in [-0.15, -0.1) is 0 Å². The van der Waals surface area contributed by atoms with E-state index in [1.807, 2.05) is 32.0 Å². The van der Waals surface area contributed by atoms with E-state index in [0.717, 1.165) is 22.0 Å². The molecule has 172 valence electrons. The van der Waals surface area contributed by atoms with Crippen molar-refractivity contribution in [2.24, 2.45) is 10.8 Å². The average molecular weight is 446 g/mol. The summed E-state index contributed by atoms with van der Waals surface area (Å²) in [5, 5.41) is 0.899. The predicted octanol–water partition coefficient (Wildman–Crippen LogP) is 5.55. The lowest BCUT2D eigenvalue weighted by Crippen LogP contribution is -2.39. The van der Waals surface area contributed by atoms with Crippen LogP contribution >= 0.6 is 0 Å². The molecule has 0 atom stereocenters. The molecule has 1 aromatic carbocycles. The van der Waals surface area contributed by atoms with E-state index in [4.69, 9.17) is 4.74 Å². The number of allylic oxidation sites excluding steroid dienone is 4. The summed E-state index contributed by atoms with van der Waals surface area (Å²) >= 11 is 0. The topological polar surface area (TPSA) is 76.2 Å². The SMILES string of the molecule is Cc1ccc2cc(C3C4=C(CC(C)(C)CC4=O)OC4=C3C(=O)CC(C)(C)C4)c(=O)[nH]c2c1C. The molecule has 5 rings (SSSR count). The third kappa shape index (κ3) is 3.49. The fraction of sp³-hybridized carbons (Fsp3) is 0.464. The van der Waals surface area contributed by atoms with Crippen LogP contribution in [-0.2, 0) is 14.3 Å². The molecule has 1 N–H and O–H groups in total. The number of ether oxygens (including phenoxy) is 1. The molecule has 3 aliphatic rings. The number of benzene rings is 1. The molecule has 0 unspecified atom stereocenters. The van der Waals surface area contributed by atoms with Crippen molar-refractivity contribution in [2.75, 3.05) is 0 Å². The first-order valence-electron chi connectivity index (χ1n) is 11.7. The highest BCUT2D eigenvalue weighted by Crippen LogP contribution is 2.52. The first-order chi connectivity index (χ1) is 15.4. The van der Waals surface area contributed by atoms with Crippen LogP contribution in [0.15, 0.2) is 45.7 Å². The smallest absolute Gasteiger partial charge is 0.252 e. The number of hydrogen-bond acceptors (Lipinski definition) is 4. The van der Waals surface area contributed by atoms with Gasteiger partial charge in [-0.1, -0.05) is 39.8 Å². The van der Waals surface area contributed by atoms with Gasteiger partial charge < -0.3 is 9.72 Å². The van der Waals surface area contributed by atoms with Crippen LogP contribution in [0.3, 0.4) is 0 Å². The van der Waals surface area contributed by atoms with Gasteiger partial charge in [-0.2, -0.15) is 0 Å². The molecule has 0 radical (unpaired) electrons. The Morgan fingerprint density at radius 1 is 0.848 bits per heavy atom. The number of fused-ring (bicyclic) bond motifs is 1. The van der Waals surface area contributed by atoms with E-state index in [1.165, 1.54) is 0 Å². The number of pyridine rings is 1. The van der Waals surface area contributed by atoms with Gasteiger partial charge in [0.25, 0.3) is 5.56 Å². The van der Waals surface area contributed by atoms with Gasteiger partial charge in [0.2, 0.25) is 0 Å². The van der Waals surface area contributed by atoms with Gasteiger partial charge in [-0.05, 0) is 47.3 Å². The Balaban J connectivity index is 1.78. The summed E-state index contributed by atoms with van der Waals surface area (Å²) in [5.41, 5.74) is 3.66. The molecule has 2 aromatic rings. The van der Waals surface area contributed by atoms with Crippen LogP contribution in [0.1, 0.15) is 76.0 Å². The number of aromatic nitrogens is 1. The van der Waals surface area contributed by atoms with Crippen molar-refractivity contribution < 1.29 is 14.3 Å². The maximum Gasteiger partial charge on any atom is 0.252 e. The third-order valence-electron chi connectivity index (χ3n) is 7.47. The number of aromatic amines is 1. The molecule has 0 spiro atoms. The quantitative estimate of drug-likeness (QED) is 0.625. The largest absolute Gasteiger partial charge is 0.465 e.